The lowest BCUT2D eigenvalue weighted by atomic mass is 10.1. The summed E-state index contributed by atoms with van der Waals surface area (Å²) in [6, 6.07) is 5.12. The molecular formula is C23H26N6O4. The summed E-state index contributed by atoms with van der Waals surface area (Å²) in [6.45, 7) is 1.56. The van der Waals surface area contributed by atoms with Crippen LogP contribution < -0.4 is 15.4 Å². The van der Waals surface area contributed by atoms with E-state index in [1.807, 2.05) is 0 Å². The van der Waals surface area contributed by atoms with E-state index >= 15 is 0 Å². The summed E-state index contributed by atoms with van der Waals surface area (Å²) in [5.41, 5.74) is 2.57. The summed E-state index contributed by atoms with van der Waals surface area (Å²) in [5.74, 6) is 1.08. The second-order valence-electron chi connectivity index (χ2n) is 7.90. The molecule has 0 saturated heterocycles. The zero-order valence-electron chi connectivity index (χ0n) is 18.8. The first kappa shape index (κ1) is 22.4. The van der Waals surface area contributed by atoms with Crippen LogP contribution in [0.4, 0.5) is 17.2 Å². The molecule has 0 aliphatic heterocycles. The van der Waals surface area contributed by atoms with E-state index in [2.05, 4.69) is 25.7 Å². The first-order valence-corrected chi connectivity index (χ1v) is 10.7. The van der Waals surface area contributed by atoms with Crippen molar-refractivity contribution in [1.29, 1.82) is 0 Å². The number of rotatable bonds is 9. The van der Waals surface area contributed by atoms with Gasteiger partial charge < -0.3 is 20.5 Å². The van der Waals surface area contributed by atoms with Gasteiger partial charge in [-0.3, -0.25) is 14.3 Å². The Morgan fingerprint density at radius 2 is 2.00 bits per heavy atom. The Morgan fingerprint density at radius 3 is 2.61 bits per heavy atom. The van der Waals surface area contributed by atoms with Crippen LogP contribution in [0.15, 0.2) is 30.7 Å². The smallest absolute Gasteiger partial charge is 0.228 e. The number of nitrogens with zero attached hydrogens (tertiary/aromatic N) is 4. The number of ether oxygens (including phenoxy) is 1. The van der Waals surface area contributed by atoms with Crippen LogP contribution in [0, 0.1) is 5.92 Å². The number of amides is 1. The number of ketones is 1. The highest BCUT2D eigenvalue weighted by atomic mass is 16.5. The highest BCUT2D eigenvalue weighted by Crippen LogP contribution is 2.39. The number of carbonyl (C=O) groups excluding carboxylic acids is 2. The predicted octanol–water partition coefficient (Wildman–Crippen LogP) is 3.06. The van der Waals surface area contributed by atoms with E-state index in [9.17, 15) is 14.7 Å². The average molecular weight is 450 g/mol. The third kappa shape index (κ3) is 4.85. The molecule has 3 aromatic rings. The summed E-state index contributed by atoms with van der Waals surface area (Å²) in [7, 11) is 3.28. The number of hydrogen-bond donors (Lipinski definition) is 3. The van der Waals surface area contributed by atoms with Crippen molar-refractivity contribution >= 4 is 28.9 Å². The predicted molar refractivity (Wildman–Crippen MR) is 122 cm³/mol. The Morgan fingerprint density at radius 1 is 1.21 bits per heavy atom. The SMILES string of the molecule is CCC(=O)c1cnc(NC(=O)C2CC2)cc1Nc1cc(CO)cc(-c2ncn(C)n2)c1OC. The molecule has 1 aliphatic carbocycles. The molecule has 0 bridgehead atoms. The van der Waals surface area contributed by atoms with E-state index in [0.717, 1.165) is 12.8 Å². The van der Waals surface area contributed by atoms with Crippen LogP contribution in [0.25, 0.3) is 11.4 Å². The third-order valence-electron chi connectivity index (χ3n) is 5.37. The fraction of sp³-hybridized carbons (Fsp3) is 0.348. The maximum absolute atomic E-state index is 12.6. The molecule has 1 amide bonds. The quantitative estimate of drug-likeness (QED) is 0.424. The normalized spacial score (nSPS) is 13.0. The van der Waals surface area contributed by atoms with Crippen molar-refractivity contribution in [1.82, 2.24) is 19.7 Å². The van der Waals surface area contributed by atoms with Gasteiger partial charge in [-0.15, -0.1) is 0 Å². The van der Waals surface area contributed by atoms with E-state index in [4.69, 9.17) is 4.74 Å². The van der Waals surface area contributed by atoms with Crippen molar-refractivity contribution < 1.29 is 19.4 Å². The number of aliphatic hydroxyl groups excluding tert-OH is 1. The van der Waals surface area contributed by atoms with Gasteiger partial charge in [0.1, 0.15) is 12.1 Å². The standard InChI is InChI=1S/C23H26N6O4/c1-4-19(31)16-10-24-20(27-23(32)14-5-6-14)9-17(16)26-18-8-13(11-30)7-15(21(18)33-3)22-25-12-29(2)28-22/h7-10,12,14,30H,4-6,11H2,1-3H3,(H2,24,26,27,32). The van der Waals surface area contributed by atoms with Crippen LogP contribution in [0.1, 0.15) is 42.1 Å². The van der Waals surface area contributed by atoms with Crippen LogP contribution >= 0.6 is 0 Å². The zero-order valence-corrected chi connectivity index (χ0v) is 18.8. The molecule has 3 N–H and O–H groups in total. The summed E-state index contributed by atoms with van der Waals surface area (Å²) in [4.78, 5) is 33.3. The van der Waals surface area contributed by atoms with Gasteiger partial charge >= 0.3 is 0 Å². The van der Waals surface area contributed by atoms with Crippen molar-refractivity contribution in [3.63, 3.8) is 0 Å². The van der Waals surface area contributed by atoms with Gasteiger partial charge in [-0.1, -0.05) is 6.92 Å². The lowest BCUT2D eigenvalue weighted by Gasteiger charge is -2.18. The molecule has 2 aromatic heterocycles. The van der Waals surface area contributed by atoms with Crippen molar-refractivity contribution in [2.45, 2.75) is 32.8 Å². The molecule has 1 aliphatic rings. The minimum atomic E-state index is -0.210. The van der Waals surface area contributed by atoms with Gasteiger partial charge in [-0.25, -0.2) is 9.97 Å². The number of methoxy groups -OCH3 is 1. The summed E-state index contributed by atoms with van der Waals surface area (Å²) >= 11 is 0. The van der Waals surface area contributed by atoms with Crippen molar-refractivity contribution in [2.75, 3.05) is 17.7 Å². The second-order valence-corrected chi connectivity index (χ2v) is 7.90. The number of anilines is 3. The van der Waals surface area contributed by atoms with E-state index in [-0.39, 0.29) is 24.2 Å². The lowest BCUT2D eigenvalue weighted by molar-refractivity contribution is -0.117. The Kier molecular flexibility index (Phi) is 6.36. The Bertz CT molecular complexity index is 1200. The van der Waals surface area contributed by atoms with Gasteiger partial charge in [0, 0.05) is 31.6 Å². The summed E-state index contributed by atoms with van der Waals surface area (Å²) < 4.78 is 7.24. The molecule has 0 radical (unpaired) electrons. The molecule has 1 aromatic carbocycles. The highest BCUT2D eigenvalue weighted by molar-refractivity contribution is 6.03. The molecule has 33 heavy (non-hydrogen) atoms. The fourth-order valence-corrected chi connectivity index (χ4v) is 3.48. The van der Waals surface area contributed by atoms with Crippen LogP contribution in [-0.4, -0.2) is 43.7 Å². The topological polar surface area (TPSA) is 131 Å². The molecule has 0 spiro atoms. The number of carbonyl (C=O) groups is 2. The molecule has 4 rings (SSSR count). The van der Waals surface area contributed by atoms with Crippen LogP contribution in [0.2, 0.25) is 0 Å². The molecule has 0 atom stereocenters. The van der Waals surface area contributed by atoms with Crippen molar-refractivity contribution in [2.24, 2.45) is 13.0 Å². The first-order chi connectivity index (χ1) is 15.9. The Balaban J connectivity index is 1.77. The van der Waals surface area contributed by atoms with Gasteiger partial charge in [0.05, 0.1) is 36.2 Å². The van der Waals surface area contributed by atoms with Gasteiger partial charge in [0.2, 0.25) is 5.91 Å². The van der Waals surface area contributed by atoms with E-state index < -0.39 is 0 Å². The Hall–Kier alpha value is -3.79. The Labute approximate surface area is 191 Å². The number of Topliss-reactive ketones (excluding diaryl/α,β-unsaturated/α-hetero) is 1. The number of pyridine rings is 1. The zero-order chi connectivity index (χ0) is 23.5. The van der Waals surface area contributed by atoms with Crippen LogP contribution in [0.5, 0.6) is 5.75 Å². The van der Waals surface area contributed by atoms with Crippen LogP contribution in [-0.2, 0) is 18.4 Å². The van der Waals surface area contributed by atoms with Gasteiger partial charge in [0.25, 0.3) is 0 Å². The van der Waals surface area contributed by atoms with Gasteiger partial charge in [-0.2, -0.15) is 5.10 Å². The minimum absolute atomic E-state index is 0.0231. The molecule has 10 heteroatoms. The van der Waals surface area contributed by atoms with Crippen molar-refractivity contribution in [3.05, 3.63) is 41.9 Å². The minimum Gasteiger partial charge on any atom is -0.494 e. The molecule has 0 unspecified atom stereocenters. The maximum Gasteiger partial charge on any atom is 0.228 e. The molecule has 172 valence electrons. The number of aromatic nitrogens is 4. The van der Waals surface area contributed by atoms with E-state index in [0.29, 0.717) is 51.9 Å². The fourth-order valence-electron chi connectivity index (χ4n) is 3.48. The second kappa shape index (κ2) is 9.37. The lowest BCUT2D eigenvalue weighted by Crippen LogP contribution is -2.15. The van der Waals surface area contributed by atoms with Gasteiger partial charge in [-0.05, 0) is 30.5 Å². The average Bonchev–Trinajstić information content (AvgIpc) is 3.59. The van der Waals surface area contributed by atoms with Gasteiger partial charge in [0.15, 0.2) is 17.4 Å². The maximum atomic E-state index is 12.6. The molecular weight excluding hydrogens is 424 g/mol. The monoisotopic (exact) mass is 450 g/mol. The number of aryl methyl sites for hydroxylation is 1. The number of hydrogen-bond acceptors (Lipinski definition) is 8. The first-order valence-electron chi connectivity index (χ1n) is 10.7. The van der Waals surface area contributed by atoms with E-state index in [1.165, 1.54) is 13.3 Å². The van der Waals surface area contributed by atoms with Crippen LogP contribution in [0.3, 0.4) is 0 Å². The molecule has 10 nitrogen and oxygen atoms in total. The molecule has 1 fully saturated rings. The summed E-state index contributed by atoms with van der Waals surface area (Å²) in [5, 5.41) is 20.2. The molecule has 1 saturated carbocycles. The number of benzene rings is 1. The van der Waals surface area contributed by atoms with Crippen molar-refractivity contribution in [3.8, 4) is 17.1 Å². The largest absolute Gasteiger partial charge is 0.494 e. The third-order valence-corrected chi connectivity index (χ3v) is 5.37. The summed E-state index contributed by atoms with van der Waals surface area (Å²) in [6.07, 6.45) is 5.07. The number of nitrogens with one attached hydrogen (secondary N) is 2. The highest BCUT2D eigenvalue weighted by Gasteiger charge is 2.30. The number of aliphatic hydroxyl groups is 1. The van der Waals surface area contributed by atoms with E-state index in [1.54, 1.807) is 43.2 Å². The molecule has 2 heterocycles.